The van der Waals surface area contributed by atoms with E-state index in [1.807, 2.05) is 48.5 Å². The van der Waals surface area contributed by atoms with E-state index in [-0.39, 0.29) is 11.2 Å². The molecular formula is C21H24O3. The third-order valence-corrected chi connectivity index (χ3v) is 4.26. The van der Waals surface area contributed by atoms with Gasteiger partial charge in [-0.1, -0.05) is 56.8 Å². The van der Waals surface area contributed by atoms with E-state index in [0.717, 1.165) is 11.1 Å². The first-order chi connectivity index (χ1) is 11.2. The number of hydrogen-bond donors (Lipinski definition) is 1. The second-order valence-electron chi connectivity index (χ2n) is 6.60. The first-order valence-electron chi connectivity index (χ1n) is 7.94. The summed E-state index contributed by atoms with van der Waals surface area (Å²) in [5, 5.41) is 9.71. The van der Waals surface area contributed by atoms with Crippen LogP contribution in [-0.2, 0) is 5.41 Å². The standard InChI is InChI=1S/C21H24O3/c1-14(2)20(23)24-19-12-10-18(11-13-19)21(4,5)17-8-6-16(7-9-17)15(3)22/h6-13,20,23H,1H2,2-5H3. The topological polar surface area (TPSA) is 46.5 Å². The zero-order chi connectivity index (χ0) is 17.9. The van der Waals surface area contributed by atoms with Crippen LogP contribution in [0.3, 0.4) is 0 Å². The fraction of sp³-hybridized carbons (Fsp3) is 0.286. The Kier molecular flexibility index (Phi) is 5.25. The maximum Gasteiger partial charge on any atom is 0.219 e. The number of benzene rings is 2. The third-order valence-electron chi connectivity index (χ3n) is 4.26. The fourth-order valence-electron chi connectivity index (χ4n) is 2.47. The summed E-state index contributed by atoms with van der Waals surface area (Å²) in [6, 6.07) is 15.4. The number of ether oxygens (including phenoxy) is 1. The third kappa shape index (κ3) is 3.92. The molecule has 126 valence electrons. The maximum atomic E-state index is 11.4. The predicted octanol–water partition coefficient (Wildman–Crippen LogP) is 4.49. The lowest BCUT2D eigenvalue weighted by molar-refractivity contribution is 0.0151. The Morgan fingerprint density at radius 1 is 1.00 bits per heavy atom. The molecule has 0 saturated carbocycles. The van der Waals surface area contributed by atoms with Crippen molar-refractivity contribution in [1.82, 2.24) is 0 Å². The molecular weight excluding hydrogens is 300 g/mol. The summed E-state index contributed by atoms with van der Waals surface area (Å²) in [5.41, 5.74) is 3.32. The number of Topliss-reactive ketones (excluding diaryl/α,β-unsaturated/α-hetero) is 1. The molecule has 0 heterocycles. The minimum absolute atomic E-state index is 0.0666. The Morgan fingerprint density at radius 2 is 1.46 bits per heavy atom. The van der Waals surface area contributed by atoms with Crippen molar-refractivity contribution in [1.29, 1.82) is 0 Å². The monoisotopic (exact) mass is 324 g/mol. The summed E-state index contributed by atoms with van der Waals surface area (Å²) in [6.07, 6.45) is -0.997. The molecule has 0 aromatic heterocycles. The van der Waals surface area contributed by atoms with E-state index in [4.69, 9.17) is 4.74 Å². The molecule has 2 rings (SSSR count). The van der Waals surface area contributed by atoms with E-state index < -0.39 is 6.29 Å². The van der Waals surface area contributed by atoms with Crippen molar-refractivity contribution >= 4 is 5.78 Å². The SMILES string of the molecule is C=C(C)C(O)Oc1ccc(C(C)(C)c2ccc(C(C)=O)cc2)cc1. The molecule has 2 aromatic rings. The normalized spacial score (nSPS) is 12.5. The van der Waals surface area contributed by atoms with E-state index in [1.165, 1.54) is 0 Å². The molecule has 0 fully saturated rings. The van der Waals surface area contributed by atoms with Crippen LogP contribution in [0.15, 0.2) is 60.7 Å². The minimum atomic E-state index is -0.997. The van der Waals surface area contributed by atoms with Gasteiger partial charge in [-0.25, -0.2) is 0 Å². The summed E-state index contributed by atoms with van der Waals surface area (Å²) in [6.45, 7) is 11.2. The molecule has 1 unspecified atom stereocenters. The quantitative estimate of drug-likeness (QED) is 0.484. The van der Waals surface area contributed by atoms with E-state index in [2.05, 4.69) is 20.4 Å². The highest BCUT2D eigenvalue weighted by Gasteiger charge is 2.23. The van der Waals surface area contributed by atoms with Gasteiger partial charge in [-0.05, 0) is 42.7 Å². The average molecular weight is 324 g/mol. The van der Waals surface area contributed by atoms with Gasteiger partial charge in [0.1, 0.15) is 5.75 Å². The number of carbonyl (C=O) groups is 1. The molecule has 2 aromatic carbocycles. The minimum Gasteiger partial charge on any atom is -0.461 e. The average Bonchev–Trinajstić information content (AvgIpc) is 2.55. The molecule has 1 N–H and O–H groups in total. The van der Waals surface area contributed by atoms with Gasteiger partial charge in [0.25, 0.3) is 0 Å². The number of aliphatic hydroxyl groups excluding tert-OH is 1. The van der Waals surface area contributed by atoms with Gasteiger partial charge in [0, 0.05) is 11.0 Å². The van der Waals surface area contributed by atoms with Gasteiger partial charge >= 0.3 is 0 Å². The molecule has 3 nitrogen and oxygen atoms in total. The second-order valence-corrected chi connectivity index (χ2v) is 6.60. The summed E-state index contributed by atoms with van der Waals surface area (Å²) in [4.78, 5) is 11.4. The van der Waals surface area contributed by atoms with E-state index in [0.29, 0.717) is 16.9 Å². The second kappa shape index (κ2) is 7.02. The molecule has 0 spiro atoms. The number of rotatable bonds is 6. The lowest BCUT2D eigenvalue weighted by Gasteiger charge is -2.26. The van der Waals surface area contributed by atoms with Crippen molar-refractivity contribution < 1.29 is 14.6 Å². The van der Waals surface area contributed by atoms with Crippen LogP contribution in [0.2, 0.25) is 0 Å². The molecule has 0 aliphatic rings. The van der Waals surface area contributed by atoms with Crippen molar-refractivity contribution in [3.05, 3.63) is 77.4 Å². The summed E-state index contributed by atoms with van der Waals surface area (Å²) < 4.78 is 5.41. The van der Waals surface area contributed by atoms with Crippen molar-refractivity contribution in [2.75, 3.05) is 0 Å². The molecule has 0 saturated heterocycles. The van der Waals surface area contributed by atoms with Crippen LogP contribution in [0.1, 0.15) is 49.2 Å². The summed E-state index contributed by atoms with van der Waals surface area (Å²) >= 11 is 0. The van der Waals surface area contributed by atoms with Gasteiger partial charge in [0.2, 0.25) is 6.29 Å². The van der Waals surface area contributed by atoms with Crippen LogP contribution >= 0.6 is 0 Å². The van der Waals surface area contributed by atoms with Crippen molar-refractivity contribution in [2.45, 2.75) is 39.4 Å². The van der Waals surface area contributed by atoms with Gasteiger partial charge in [-0.15, -0.1) is 0 Å². The smallest absolute Gasteiger partial charge is 0.219 e. The van der Waals surface area contributed by atoms with Crippen LogP contribution in [0.4, 0.5) is 0 Å². The lowest BCUT2D eigenvalue weighted by atomic mass is 9.78. The van der Waals surface area contributed by atoms with Gasteiger partial charge in [-0.3, -0.25) is 4.79 Å². The highest BCUT2D eigenvalue weighted by molar-refractivity contribution is 5.94. The predicted molar refractivity (Wildman–Crippen MR) is 96.5 cm³/mol. The Hall–Kier alpha value is -2.39. The van der Waals surface area contributed by atoms with Crippen LogP contribution in [0.25, 0.3) is 0 Å². The van der Waals surface area contributed by atoms with Crippen LogP contribution in [0.5, 0.6) is 5.75 Å². The van der Waals surface area contributed by atoms with E-state index in [9.17, 15) is 9.90 Å². The van der Waals surface area contributed by atoms with Gasteiger partial charge in [0.15, 0.2) is 5.78 Å². The first kappa shape index (κ1) is 18.0. The number of carbonyl (C=O) groups excluding carboxylic acids is 1. The zero-order valence-electron chi connectivity index (χ0n) is 14.7. The fourth-order valence-corrected chi connectivity index (χ4v) is 2.47. The summed E-state index contributed by atoms with van der Waals surface area (Å²) in [5.74, 6) is 0.661. The van der Waals surface area contributed by atoms with Crippen LogP contribution in [-0.4, -0.2) is 17.2 Å². The molecule has 0 bridgehead atoms. The maximum absolute atomic E-state index is 11.4. The highest BCUT2D eigenvalue weighted by atomic mass is 16.6. The summed E-state index contributed by atoms with van der Waals surface area (Å²) in [7, 11) is 0. The largest absolute Gasteiger partial charge is 0.461 e. The van der Waals surface area contributed by atoms with Crippen molar-refractivity contribution in [3.8, 4) is 5.75 Å². The van der Waals surface area contributed by atoms with Gasteiger partial charge in [-0.2, -0.15) is 0 Å². The number of ketones is 1. The van der Waals surface area contributed by atoms with Crippen LogP contribution in [0, 0.1) is 0 Å². The van der Waals surface area contributed by atoms with E-state index >= 15 is 0 Å². The van der Waals surface area contributed by atoms with Gasteiger partial charge in [0.05, 0.1) is 0 Å². The molecule has 0 amide bonds. The van der Waals surface area contributed by atoms with Crippen molar-refractivity contribution in [3.63, 3.8) is 0 Å². The molecule has 3 heteroatoms. The van der Waals surface area contributed by atoms with Crippen LogP contribution < -0.4 is 4.74 Å². The Balaban J connectivity index is 2.22. The molecule has 0 radical (unpaired) electrons. The molecule has 24 heavy (non-hydrogen) atoms. The lowest BCUT2D eigenvalue weighted by Crippen LogP contribution is -2.19. The van der Waals surface area contributed by atoms with E-state index in [1.54, 1.807) is 13.8 Å². The molecule has 0 aliphatic heterocycles. The first-order valence-corrected chi connectivity index (χ1v) is 7.94. The molecule has 0 aliphatic carbocycles. The highest BCUT2D eigenvalue weighted by Crippen LogP contribution is 2.32. The Bertz CT molecular complexity index is 725. The molecule has 1 atom stereocenters. The van der Waals surface area contributed by atoms with Crippen molar-refractivity contribution in [2.24, 2.45) is 0 Å². The number of aliphatic hydroxyl groups is 1. The number of hydrogen-bond acceptors (Lipinski definition) is 3. The Morgan fingerprint density at radius 3 is 1.88 bits per heavy atom. The zero-order valence-corrected chi connectivity index (χ0v) is 14.7. The van der Waals surface area contributed by atoms with Gasteiger partial charge < -0.3 is 9.84 Å². The Labute approximate surface area is 143 Å².